The van der Waals surface area contributed by atoms with E-state index in [1.165, 1.54) is 0 Å². The van der Waals surface area contributed by atoms with E-state index in [0.717, 1.165) is 0 Å². The van der Waals surface area contributed by atoms with E-state index >= 15 is 0 Å². The maximum atomic E-state index is 2.24. The van der Waals surface area contributed by atoms with Gasteiger partial charge in [-0.15, -0.1) is 24.8 Å². The van der Waals surface area contributed by atoms with Crippen LogP contribution in [0.1, 0.15) is 27.7 Å². The molecule has 0 aliphatic heterocycles. The molecule has 0 radical (unpaired) electrons. The average Bonchev–Trinajstić information content (AvgIpc) is 2.11. The summed E-state index contributed by atoms with van der Waals surface area (Å²) in [6.45, 7) is 8.58. The quantitative estimate of drug-likeness (QED) is 0.646. The van der Waals surface area contributed by atoms with Crippen molar-refractivity contribution < 1.29 is 23.2 Å². The first-order chi connectivity index (χ1) is 6.20. The number of allylic oxidation sites excluding steroid dienone is 8. The van der Waals surface area contributed by atoms with E-state index in [0.29, 0.717) is 0 Å². The van der Waals surface area contributed by atoms with Crippen molar-refractivity contribution in [1.82, 2.24) is 0 Å². The van der Waals surface area contributed by atoms with Gasteiger partial charge < -0.3 is 0 Å². The molecular formula is C12H20Cl2Zr. The number of rotatable bonds is 4. The number of hydrogen-bond acceptors (Lipinski definition) is 0. The van der Waals surface area contributed by atoms with Gasteiger partial charge in [-0.2, -0.15) is 0 Å². The molecule has 86 valence electrons. The third kappa shape index (κ3) is 14.4. The molecule has 0 aliphatic carbocycles. The molecule has 0 fully saturated rings. The van der Waals surface area contributed by atoms with Gasteiger partial charge in [-0.3, -0.25) is 0 Å². The SMILES string of the molecule is CC=CC=[C](C)[Zr][C](C)=CC=CC.Cl.Cl. The Balaban J connectivity index is -0.000000720. The second-order valence-corrected chi connectivity index (χ2v) is 7.37. The van der Waals surface area contributed by atoms with Crippen LogP contribution in [-0.2, 0) is 23.2 Å². The fourth-order valence-corrected chi connectivity index (χ4v) is 3.29. The van der Waals surface area contributed by atoms with Crippen LogP contribution >= 0.6 is 24.8 Å². The Kier molecular flexibility index (Phi) is 20.0. The molecule has 0 aliphatic rings. The van der Waals surface area contributed by atoms with Crippen molar-refractivity contribution >= 4 is 24.8 Å². The Hall–Kier alpha value is 0.423. The van der Waals surface area contributed by atoms with Crippen molar-refractivity contribution in [3.05, 3.63) is 43.0 Å². The van der Waals surface area contributed by atoms with E-state index in [-0.39, 0.29) is 24.8 Å². The van der Waals surface area contributed by atoms with Gasteiger partial charge in [0, 0.05) is 0 Å². The molecule has 0 aromatic carbocycles. The van der Waals surface area contributed by atoms with Gasteiger partial charge in [0.1, 0.15) is 0 Å². The van der Waals surface area contributed by atoms with Gasteiger partial charge in [-0.25, -0.2) is 0 Å². The third-order valence-electron chi connectivity index (χ3n) is 1.47. The summed E-state index contributed by atoms with van der Waals surface area (Å²) in [6.07, 6.45) is 12.9. The van der Waals surface area contributed by atoms with Crippen molar-refractivity contribution in [2.75, 3.05) is 0 Å². The first-order valence-electron chi connectivity index (χ1n) is 4.57. The first kappa shape index (κ1) is 20.8. The minimum absolute atomic E-state index is 0. The largest absolute Gasteiger partial charge is 0.147 e. The summed E-state index contributed by atoms with van der Waals surface area (Å²) in [5.41, 5.74) is 0. The topological polar surface area (TPSA) is 0 Å². The molecule has 15 heavy (non-hydrogen) atoms. The molecule has 0 aromatic rings. The normalized spacial score (nSPS) is 12.5. The maximum Gasteiger partial charge on any atom is -0.147 e. The standard InChI is InChI=1S/2C6H9.2ClH.Zr/c2*1-3-5-6-4-2;;;/h2*3,5-6H,1-2H3;2*1H;. The van der Waals surface area contributed by atoms with Crippen LogP contribution < -0.4 is 0 Å². The van der Waals surface area contributed by atoms with Gasteiger partial charge in [0.25, 0.3) is 0 Å². The van der Waals surface area contributed by atoms with E-state index in [1.807, 2.05) is 0 Å². The van der Waals surface area contributed by atoms with Crippen LogP contribution in [0.25, 0.3) is 0 Å². The Bertz CT molecular complexity index is 224. The second kappa shape index (κ2) is 14.4. The number of halogens is 2. The summed E-state index contributed by atoms with van der Waals surface area (Å²) >= 11 is -0.435. The molecule has 0 rings (SSSR count). The number of hydrogen-bond donors (Lipinski definition) is 0. The summed E-state index contributed by atoms with van der Waals surface area (Å²) in [6, 6.07) is 0. The van der Waals surface area contributed by atoms with E-state index in [4.69, 9.17) is 0 Å². The minimum Gasteiger partial charge on any atom is -0.147 e. The van der Waals surface area contributed by atoms with Crippen molar-refractivity contribution in [3.63, 3.8) is 0 Å². The molecule has 0 bridgehead atoms. The second-order valence-electron chi connectivity index (χ2n) is 2.88. The van der Waals surface area contributed by atoms with Crippen LogP contribution in [0.2, 0.25) is 0 Å². The summed E-state index contributed by atoms with van der Waals surface area (Å²) < 4.78 is 3.14. The molecule has 0 spiro atoms. The molecule has 0 amide bonds. The monoisotopic (exact) mass is 324 g/mol. The van der Waals surface area contributed by atoms with Crippen molar-refractivity contribution in [1.29, 1.82) is 0 Å². The molecule has 0 saturated carbocycles. The van der Waals surface area contributed by atoms with Gasteiger partial charge in [0.05, 0.1) is 0 Å². The van der Waals surface area contributed by atoms with Crippen LogP contribution in [0.15, 0.2) is 43.0 Å². The summed E-state index contributed by atoms with van der Waals surface area (Å²) in [5, 5.41) is 0. The minimum atomic E-state index is -0.435. The average molecular weight is 326 g/mol. The molecule has 0 atom stereocenters. The zero-order valence-electron chi connectivity index (χ0n) is 9.78. The third-order valence-corrected chi connectivity index (χ3v) is 4.23. The summed E-state index contributed by atoms with van der Waals surface area (Å²) in [7, 11) is 0. The Morgan fingerprint density at radius 3 is 1.40 bits per heavy atom. The van der Waals surface area contributed by atoms with Gasteiger partial charge in [-0.05, 0) is 0 Å². The smallest absolute Gasteiger partial charge is 0.147 e. The molecule has 0 nitrogen and oxygen atoms in total. The molecule has 0 saturated heterocycles. The van der Waals surface area contributed by atoms with Gasteiger partial charge in [0.15, 0.2) is 0 Å². The van der Waals surface area contributed by atoms with Gasteiger partial charge in [-0.1, -0.05) is 0 Å². The van der Waals surface area contributed by atoms with Crippen LogP contribution in [0.4, 0.5) is 0 Å². The van der Waals surface area contributed by atoms with Crippen molar-refractivity contribution in [2.45, 2.75) is 27.7 Å². The van der Waals surface area contributed by atoms with Gasteiger partial charge in [0.2, 0.25) is 0 Å². The fraction of sp³-hybridized carbons (Fsp3) is 0.333. The Morgan fingerprint density at radius 1 is 0.800 bits per heavy atom. The predicted octanol–water partition coefficient (Wildman–Crippen LogP) is 4.87. The molecule has 0 unspecified atom stereocenters. The summed E-state index contributed by atoms with van der Waals surface area (Å²) in [5.74, 6) is 0. The van der Waals surface area contributed by atoms with Gasteiger partial charge >= 0.3 is 93.9 Å². The van der Waals surface area contributed by atoms with Crippen LogP contribution in [-0.4, -0.2) is 0 Å². The van der Waals surface area contributed by atoms with E-state index in [9.17, 15) is 0 Å². The zero-order chi connectivity index (χ0) is 10.1. The van der Waals surface area contributed by atoms with Crippen LogP contribution in [0.3, 0.4) is 0 Å². The Labute approximate surface area is 118 Å². The molecule has 3 heteroatoms. The zero-order valence-corrected chi connectivity index (χ0v) is 13.9. The predicted molar refractivity (Wildman–Crippen MR) is 71.6 cm³/mol. The Morgan fingerprint density at radius 2 is 1.13 bits per heavy atom. The van der Waals surface area contributed by atoms with Crippen LogP contribution in [0, 0.1) is 0 Å². The van der Waals surface area contributed by atoms with E-state index in [1.54, 1.807) is 6.56 Å². The van der Waals surface area contributed by atoms with E-state index < -0.39 is 23.2 Å². The van der Waals surface area contributed by atoms with Crippen molar-refractivity contribution in [2.24, 2.45) is 0 Å². The first-order valence-corrected chi connectivity index (χ1v) is 7.02. The molecular weight excluding hydrogens is 306 g/mol. The maximum absolute atomic E-state index is 2.24. The molecule has 0 heterocycles. The van der Waals surface area contributed by atoms with Crippen LogP contribution in [0.5, 0.6) is 0 Å². The fourth-order valence-electron chi connectivity index (χ4n) is 0.875. The summed E-state index contributed by atoms with van der Waals surface area (Å²) in [4.78, 5) is 0. The van der Waals surface area contributed by atoms with Crippen molar-refractivity contribution in [3.8, 4) is 0 Å². The van der Waals surface area contributed by atoms with E-state index in [2.05, 4.69) is 64.2 Å². The molecule has 0 aromatic heterocycles. The molecule has 0 N–H and O–H groups in total.